The van der Waals surface area contributed by atoms with Crippen LogP contribution in [-0.4, -0.2) is 36.1 Å². The molecule has 0 fully saturated rings. The summed E-state index contributed by atoms with van der Waals surface area (Å²) in [5.74, 6) is -2.08. The highest BCUT2D eigenvalue weighted by molar-refractivity contribution is 6.41. The van der Waals surface area contributed by atoms with Crippen LogP contribution >= 0.6 is 23.2 Å². The number of hydrazone groups is 1. The lowest BCUT2D eigenvalue weighted by molar-refractivity contribution is -0.389. The van der Waals surface area contributed by atoms with Crippen LogP contribution in [0, 0.1) is 11.3 Å². The van der Waals surface area contributed by atoms with Gasteiger partial charge in [0.2, 0.25) is 0 Å². The Hall–Kier alpha value is -4.29. The molecule has 0 heterocycles. The summed E-state index contributed by atoms with van der Waals surface area (Å²) >= 11 is 11.6. The van der Waals surface area contributed by atoms with E-state index in [9.17, 15) is 44.3 Å². The van der Waals surface area contributed by atoms with Crippen LogP contribution in [0.5, 0.6) is 0 Å². The number of anilines is 1. The van der Waals surface area contributed by atoms with Crippen molar-refractivity contribution in [2.45, 2.75) is 23.9 Å². The molecular weight excluding hydrogens is 640 g/mol. The van der Waals surface area contributed by atoms with E-state index in [1.54, 1.807) is 0 Å². The maximum absolute atomic E-state index is 14.8. The van der Waals surface area contributed by atoms with Gasteiger partial charge in [-0.2, -0.15) is 45.5 Å². The number of alkyl halides is 9. The number of nitrogens with zero attached hydrogens (tertiary/aromatic N) is 3. The Morgan fingerprint density at radius 3 is 1.93 bits per heavy atom. The smallest absolute Gasteiger partial charge is 0.323 e. The molecular formula is C26H14Cl2F9N5O. The molecule has 17 heteroatoms. The van der Waals surface area contributed by atoms with Crippen LogP contribution in [0.2, 0.25) is 10.0 Å². The van der Waals surface area contributed by atoms with Crippen molar-refractivity contribution in [1.82, 2.24) is 0 Å². The van der Waals surface area contributed by atoms with E-state index in [1.807, 2.05) is 6.07 Å². The molecule has 0 saturated carbocycles. The molecule has 0 aliphatic rings. The minimum Gasteiger partial charge on any atom is -0.323 e. The average molecular weight is 654 g/mol. The number of amides is 1. The standard InChI is InChI=1S/C26H14Cl2F9N5O/c27-18-9-16(23(29,25(32,33)34)24(30,31)26(35,36)37)10-19(28)21(18)40-12-20(42-39)15-2-1-3-17(8-15)41-22(43)14-6-4-13(11-38)5-7-14/h1-10,12H,39H2,(H,41,43). The summed E-state index contributed by atoms with van der Waals surface area (Å²) in [4.78, 5) is 16.3. The third kappa shape index (κ3) is 6.55. The molecule has 6 nitrogen and oxygen atoms in total. The third-order valence-electron chi connectivity index (χ3n) is 5.74. The number of hydrogen-bond acceptors (Lipinski definition) is 5. The predicted octanol–water partition coefficient (Wildman–Crippen LogP) is 8.11. The maximum Gasteiger partial charge on any atom is 0.457 e. The molecule has 1 atom stereocenters. The first kappa shape index (κ1) is 33.2. The summed E-state index contributed by atoms with van der Waals surface area (Å²) in [7, 11) is 0. The van der Waals surface area contributed by atoms with Crippen LogP contribution in [-0.2, 0) is 5.67 Å². The Bertz CT molecular complexity index is 1610. The molecule has 3 aromatic carbocycles. The van der Waals surface area contributed by atoms with E-state index in [2.05, 4.69) is 15.4 Å². The summed E-state index contributed by atoms with van der Waals surface area (Å²) in [6, 6.07) is 13.2. The zero-order chi connectivity index (χ0) is 32.4. The normalized spacial score (nSPS) is 14.3. The first-order valence-electron chi connectivity index (χ1n) is 11.3. The molecule has 1 unspecified atom stereocenters. The van der Waals surface area contributed by atoms with Gasteiger partial charge in [-0.25, -0.2) is 4.39 Å². The summed E-state index contributed by atoms with van der Waals surface area (Å²) in [5.41, 5.74) is -8.25. The number of nitrogens with one attached hydrogen (secondary N) is 1. The van der Waals surface area contributed by atoms with E-state index in [1.165, 1.54) is 48.5 Å². The summed E-state index contributed by atoms with van der Waals surface area (Å²) in [6.45, 7) is 0. The number of rotatable bonds is 7. The second-order valence-electron chi connectivity index (χ2n) is 8.51. The van der Waals surface area contributed by atoms with Gasteiger partial charge in [0.25, 0.3) is 5.91 Å². The number of hydrogen-bond donors (Lipinski definition) is 2. The molecule has 0 aliphatic carbocycles. The van der Waals surface area contributed by atoms with Crippen molar-refractivity contribution in [3.8, 4) is 6.07 Å². The molecule has 0 aliphatic heterocycles. The lowest BCUT2D eigenvalue weighted by Crippen LogP contribution is -2.59. The maximum atomic E-state index is 14.8. The van der Waals surface area contributed by atoms with Gasteiger partial charge >= 0.3 is 23.9 Å². The molecule has 3 N–H and O–H groups in total. The Kier molecular flexibility index (Phi) is 9.37. The molecule has 3 rings (SSSR count). The second-order valence-corrected chi connectivity index (χ2v) is 9.33. The van der Waals surface area contributed by atoms with Gasteiger partial charge in [-0.3, -0.25) is 9.79 Å². The van der Waals surface area contributed by atoms with Crippen LogP contribution in [0.25, 0.3) is 0 Å². The van der Waals surface area contributed by atoms with E-state index in [0.29, 0.717) is 5.56 Å². The van der Waals surface area contributed by atoms with Crippen LogP contribution in [0.1, 0.15) is 27.0 Å². The number of aliphatic imine (C=N–C) groups is 1. The number of nitriles is 1. The Balaban J connectivity index is 1.93. The topological polar surface area (TPSA) is 104 Å². The predicted molar refractivity (Wildman–Crippen MR) is 141 cm³/mol. The van der Waals surface area contributed by atoms with Gasteiger partial charge in [0.1, 0.15) is 11.4 Å². The SMILES string of the molecule is N#Cc1ccc(C(=O)Nc2cccc(C(C=Nc3c(Cl)cc(C(F)(C(F)(F)F)C(F)(F)C(F)(F)F)cc3Cl)=NN)c2)cc1. The molecule has 0 bridgehead atoms. The number of halogens is 11. The Morgan fingerprint density at radius 2 is 1.44 bits per heavy atom. The highest BCUT2D eigenvalue weighted by Crippen LogP contribution is 2.59. The van der Waals surface area contributed by atoms with E-state index >= 15 is 0 Å². The average Bonchev–Trinajstić information content (AvgIpc) is 2.92. The second kappa shape index (κ2) is 12.1. The number of carbonyl (C=O) groups excluding carboxylic acids is 1. The van der Waals surface area contributed by atoms with Gasteiger partial charge in [0, 0.05) is 22.4 Å². The molecule has 0 spiro atoms. The number of benzene rings is 3. The fourth-order valence-corrected chi connectivity index (χ4v) is 4.15. The summed E-state index contributed by atoms with van der Waals surface area (Å²) in [5, 5.41) is 12.9. The molecule has 0 saturated heterocycles. The Morgan fingerprint density at radius 1 is 0.860 bits per heavy atom. The van der Waals surface area contributed by atoms with E-state index in [4.69, 9.17) is 34.3 Å². The van der Waals surface area contributed by atoms with Gasteiger partial charge in [-0.05, 0) is 48.5 Å². The van der Waals surface area contributed by atoms with E-state index < -0.39 is 51.1 Å². The van der Waals surface area contributed by atoms with Gasteiger partial charge in [0.05, 0.1) is 27.9 Å². The van der Waals surface area contributed by atoms with Crippen molar-refractivity contribution >= 4 is 52.4 Å². The van der Waals surface area contributed by atoms with Gasteiger partial charge in [-0.15, -0.1) is 0 Å². The minimum atomic E-state index is -6.93. The fourth-order valence-electron chi connectivity index (χ4n) is 3.57. The summed E-state index contributed by atoms with van der Waals surface area (Å²) < 4.78 is 121. The highest BCUT2D eigenvalue weighted by atomic mass is 35.5. The molecule has 3 aromatic rings. The van der Waals surface area contributed by atoms with Crippen LogP contribution in [0.3, 0.4) is 0 Å². The molecule has 1 amide bonds. The zero-order valence-corrected chi connectivity index (χ0v) is 22.3. The molecule has 226 valence electrons. The fraction of sp³-hybridized carbons (Fsp3) is 0.154. The van der Waals surface area contributed by atoms with Gasteiger partial charge in [-0.1, -0.05) is 35.3 Å². The zero-order valence-electron chi connectivity index (χ0n) is 20.8. The first-order chi connectivity index (χ1) is 19.9. The van der Waals surface area contributed by atoms with Crippen molar-refractivity contribution in [2.75, 3.05) is 5.32 Å². The summed E-state index contributed by atoms with van der Waals surface area (Å²) in [6.07, 6.45) is -12.8. The monoisotopic (exact) mass is 653 g/mol. The van der Waals surface area contributed by atoms with E-state index in [-0.39, 0.29) is 34.7 Å². The van der Waals surface area contributed by atoms with Crippen molar-refractivity contribution in [2.24, 2.45) is 15.9 Å². The van der Waals surface area contributed by atoms with Crippen molar-refractivity contribution in [1.29, 1.82) is 5.26 Å². The lowest BCUT2D eigenvalue weighted by atomic mass is 9.87. The van der Waals surface area contributed by atoms with Gasteiger partial charge in [0.15, 0.2) is 0 Å². The van der Waals surface area contributed by atoms with Crippen molar-refractivity contribution < 1.29 is 44.3 Å². The number of nitrogens with two attached hydrogens (primary N) is 1. The minimum absolute atomic E-state index is 0.105. The molecule has 0 radical (unpaired) electrons. The van der Waals surface area contributed by atoms with Crippen LogP contribution in [0.15, 0.2) is 70.8 Å². The lowest BCUT2D eigenvalue weighted by Gasteiger charge is -2.36. The van der Waals surface area contributed by atoms with Crippen molar-refractivity contribution in [3.05, 3.63) is 93.0 Å². The molecule has 43 heavy (non-hydrogen) atoms. The van der Waals surface area contributed by atoms with Gasteiger partial charge < -0.3 is 11.2 Å². The third-order valence-corrected chi connectivity index (χ3v) is 6.32. The van der Waals surface area contributed by atoms with Crippen LogP contribution in [0.4, 0.5) is 50.9 Å². The van der Waals surface area contributed by atoms with E-state index in [0.717, 1.165) is 6.21 Å². The quantitative estimate of drug-likeness (QED) is 0.116. The highest BCUT2D eigenvalue weighted by Gasteiger charge is 2.81. The van der Waals surface area contributed by atoms with Crippen LogP contribution < -0.4 is 11.2 Å². The van der Waals surface area contributed by atoms with Crippen molar-refractivity contribution in [3.63, 3.8) is 0 Å². The molecule has 0 aromatic heterocycles. The first-order valence-corrected chi connectivity index (χ1v) is 12.1. The number of carbonyl (C=O) groups is 1. The Labute approximate surface area is 246 Å². The largest absolute Gasteiger partial charge is 0.457 e.